The number of furan rings is 1. The van der Waals surface area contributed by atoms with E-state index in [1.807, 2.05) is 0 Å². The van der Waals surface area contributed by atoms with Gasteiger partial charge in [-0.05, 0) is 38.0 Å². The van der Waals surface area contributed by atoms with E-state index in [1.54, 1.807) is 31.4 Å². The van der Waals surface area contributed by atoms with Crippen LogP contribution in [-0.2, 0) is 0 Å². The molecule has 1 aliphatic carbocycles. The molecule has 2 atom stereocenters. The molecule has 7 nitrogen and oxygen atoms in total. The number of amides is 1. The Morgan fingerprint density at radius 2 is 2.32 bits per heavy atom. The van der Waals surface area contributed by atoms with Gasteiger partial charge in [0.15, 0.2) is 5.76 Å². The summed E-state index contributed by atoms with van der Waals surface area (Å²) in [4.78, 5) is 17.2. The lowest BCUT2D eigenvalue weighted by Crippen LogP contribution is -2.32. The van der Waals surface area contributed by atoms with Crippen molar-refractivity contribution in [3.63, 3.8) is 0 Å². The molecule has 1 fully saturated rings. The minimum absolute atomic E-state index is 0.106. The Labute approximate surface area is 144 Å². The van der Waals surface area contributed by atoms with Crippen LogP contribution in [0.1, 0.15) is 35.3 Å². The van der Waals surface area contributed by atoms with E-state index in [0.717, 1.165) is 19.3 Å². The molecule has 3 heterocycles. The number of aliphatic hydroxyl groups excluding tert-OH is 1. The van der Waals surface area contributed by atoms with Crippen molar-refractivity contribution < 1.29 is 18.8 Å². The van der Waals surface area contributed by atoms with Gasteiger partial charge in [-0.3, -0.25) is 4.79 Å². The molecule has 3 aromatic heterocycles. The fourth-order valence-electron chi connectivity index (χ4n) is 3.40. The highest BCUT2D eigenvalue weighted by Gasteiger charge is 2.26. The van der Waals surface area contributed by atoms with Crippen LogP contribution in [0.4, 0.5) is 0 Å². The van der Waals surface area contributed by atoms with Gasteiger partial charge in [0.05, 0.1) is 29.0 Å². The molecule has 0 aromatic carbocycles. The van der Waals surface area contributed by atoms with E-state index in [1.165, 1.54) is 0 Å². The van der Waals surface area contributed by atoms with Crippen molar-refractivity contribution >= 4 is 17.0 Å². The number of pyridine rings is 1. The normalized spacial score (nSPS) is 20.2. The number of hydrogen-bond acceptors (Lipinski definition) is 6. The van der Waals surface area contributed by atoms with Crippen molar-refractivity contribution in [3.05, 3.63) is 35.7 Å². The molecule has 0 radical (unpaired) electrons. The minimum atomic E-state index is -0.339. The van der Waals surface area contributed by atoms with Crippen LogP contribution in [0.25, 0.3) is 22.6 Å². The summed E-state index contributed by atoms with van der Waals surface area (Å²) in [5.41, 5.74) is 1.87. The predicted octanol–water partition coefficient (Wildman–Crippen LogP) is 2.68. The van der Waals surface area contributed by atoms with Crippen molar-refractivity contribution in [2.24, 2.45) is 5.92 Å². The van der Waals surface area contributed by atoms with E-state index >= 15 is 0 Å². The number of hydrogen-bond donors (Lipinski definition) is 2. The molecule has 0 spiro atoms. The standard InChI is InChI=1S/C18H19N3O4/c1-10-16-12(17(23)19-9-11-4-2-5-14(11)22)8-13(15-6-3-7-24-15)20-18(16)25-21-10/h3,6-8,11,14,22H,2,4-5,9H2,1H3,(H,19,23). The van der Waals surface area contributed by atoms with Crippen molar-refractivity contribution in [2.75, 3.05) is 6.54 Å². The van der Waals surface area contributed by atoms with Gasteiger partial charge < -0.3 is 19.4 Å². The molecule has 3 aromatic rings. The third kappa shape index (κ3) is 2.91. The molecular formula is C18H19N3O4. The first-order chi connectivity index (χ1) is 12.1. The van der Waals surface area contributed by atoms with Gasteiger partial charge in [0.1, 0.15) is 5.69 Å². The van der Waals surface area contributed by atoms with E-state index in [0.29, 0.717) is 40.4 Å². The van der Waals surface area contributed by atoms with Gasteiger partial charge >= 0.3 is 0 Å². The summed E-state index contributed by atoms with van der Waals surface area (Å²) < 4.78 is 10.6. The summed E-state index contributed by atoms with van der Waals surface area (Å²) in [7, 11) is 0. The Kier molecular flexibility index (Phi) is 4.01. The van der Waals surface area contributed by atoms with Gasteiger partial charge in [-0.1, -0.05) is 11.6 Å². The molecule has 0 bridgehead atoms. The molecule has 4 rings (SSSR count). The fourth-order valence-corrected chi connectivity index (χ4v) is 3.40. The van der Waals surface area contributed by atoms with Crippen molar-refractivity contribution in [1.29, 1.82) is 0 Å². The van der Waals surface area contributed by atoms with E-state index < -0.39 is 0 Å². The number of aromatic nitrogens is 2. The zero-order valence-corrected chi connectivity index (χ0v) is 13.9. The quantitative estimate of drug-likeness (QED) is 0.756. The highest BCUT2D eigenvalue weighted by molar-refractivity contribution is 6.06. The first-order valence-electron chi connectivity index (χ1n) is 8.40. The van der Waals surface area contributed by atoms with Crippen LogP contribution in [0.2, 0.25) is 0 Å². The second-order valence-electron chi connectivity index (χ2n) is 6.45. The topological polar surface area (TPSA) is 101 Å². The number of aliphatic hydroxyl groups is 1. The number of carbonyl (C=O) groups excluding carboxylic acids is 1. The molecule has 25 heavy (non-hydrogen) atoms. The molecule has 1 saturated carbocycles. The number of rotatable bonds is 4. The lowest BCUT2D eigenvalue weighted by molar-refractivity contribution is 0.0918. The van der Waals surface area contributed by atoms with Gasteiger partial charge in [0, 0.05) is 12.5 Å². The SMILES string of the molecule is Cc1noc2nc(-c3ccco3)cc(C(=O)NCC3CCCC3O)c12. The van der Waals surface area contributed by atoms with Crippen LogP contribution in [0.3, 0.4) is 0 Å². The molecule has 7 heteroatoms. The van der Waals surface area contributed by atoms with Gasteiger partial charge in [-0.2, -0.15) is 0 Å². The second-order valence-corrected chi connectivity index (χ2v) is 6.45. The highest BCUT2D eigenvalue weighted by atomic mass is 16.5. The Morgan fingerprint density at radius 3 is 3.04 bits per heavy atom. The van der Waals surface area contributed by atoms with Gasteiger partial charge in [0.2, 0.25) is 0 Å². The third-order valence-electron chi connectivity index (χ3n) is 4.78. The maximum atomic E-state index is 12.8. The van der Waals surface area contributed by atoms with Crippen molar-refractivity contribution in [2.45, 2.75) is 32.3 Å². The van der Waals surface area contributed by atoms with Crippen LogP contribution in [0.5, 0.6) is 0 Å². The Morgan fingerprint density at radius 1 is 1.44 bits per heavy atom. The van der Waals surface area contributed by atoms with E-state index in [2.05, 4.69) is 15.5 Å². The van der Waals surface area contributed by atoms with Crippen LogP contribution in [0.15, 0.2) is 33.4 Å². The van der Waals surface area contributed by atoms with Crippen molar-refractivity contribution in [1.82, 2.24) is 15.5 Å². The summed E-state index contributed by atoms with van der Waals surface area (Å²) in [6.45, 7) is 2.22. The summed E-state index contributed by atoms with van der Waals surface area (Å²) in [6, 6.07) is 5.22. The monoisotopic (exact) mass is 341 g/mol. The van der Waals surface area contributed by atoms with E-state index in [4.69, 9.17) is 8.94 Å². The van der Waals surface area contributed by atoms with Crippen molar-refractivity contribution in [3.8, 4) is 11.5 Å². The zero-order valence-electron chi connectivity index (χ0n) is 13.9. The molecule has 0 saturated heterocycles. The molecule has 2 unspecified atom stereocenters. The zero-order chi connectivity index (χ0) is 17.4. The third-order valence-corrected chi connectivity index (χ3v) is 4.78. The van der Waals surface area contributed by atoms with E-state index in [9.17, 15) is 9.90 Å². The number of aryl methyl sites for hydroxylation is 1. The van der Waals surface area contributed by atoms with Gasteiger partial charge in [-0.15, -0.1) is 0 Å². The minimum Gasteiger partial charge on any atom is -0.463 e. The Hall–Kier alpha value is -2.67. The average molecular weight is 341 g/mol. The largest absolute Gasteiger partial charge is 0.463 e. The maximum absolute atomic E-state index is 12.8. The molecule has 130 valence electrons. The summed E-state index contributed by atoms with van der Waals surface area (Å²) in [5.74, 6) is 0.427. The second kappa shape index (κ2) is 6.33. The maximum Gasteiger partial charge on any atom is 0.259 e. The summed E-state index contributed by atoms with van der Waals surface area (Å²) in [5, 5.41) is 17.4. The van der Waals surface area contributed by atoms with Crippen LogP contribution < -0.4 is 5.32 Å². The number of carbonyl (C=O) groups is 1. The number of nitrogens with zero attached hydrogens (tertiary/aromatic N) is 2. The number of nitrogens with one attached hydrogen (secondary N) is 1. The van der Waals surface area contributed by atoms with E-state index in [-0.39, 0.29) is 17.9 Å². The fraction of sp³-hybridized carbons (Fsp3) is 0.389. The smallest absolute Gasteiger partial charge is 0.259 e. The Balaban J connectivity index is 1.67. The van der Waals surface area contributed by atoms with Crippen LogP contribution >= 0.6 is 0 Å². The van der Waals surface area contributed by atoms with Crippen LogP contribution in [0, 0.1) is 12.8 Å². The first-order valence-corrected chi connectivity index (χ1v) is 8.40. The van der Waals surface area contributed by atoms with Crippen LogP contribution in [-0.4, -0.2) is 33.8 Å². The Bertz CT molecular complexity index is 901. The molecule has 1 amide bonds. The summed E-state index contributed by atoms with van der Waals surface area (Å²) >= 11 is 0. The predicted molar refractivity (Wildman–Crippen MR) is 89.9 cm³/mol. The van der Waals surface area contributed by atoms with Gasteiger partial charge in [-0.25, -0.2) is 4.98 Å². The lowest BCUT2D eigenvalue weighted by atomic mass is 10.0. The number of fused-ring (bicyclic) bond motifs is 1. The molecule has 2 N–H and O–H groups in total. The summed E-state index contributed by atoms with van der Waals surface area (Å²) in [6.07, 6.45) is 3.93. The molecular weight excluding hydrogens is 322 g/mol. The lowest BCUT2D eigenvalue weighted by Gasteiger charge is -2.15. The molecule has 1 aliphatic rings. The average Bonchev–Trinajstić information content (AvgIpc) is 3.34. The highest BCUT2D eigenvalue weighted by Crippen LogP contribution is 2.28. The molecule has 0 aliphatic heterocycles. The van der Waals surface area contributed by atoms with Gasteiger partial charge in [0.25, 0.3) is 11.6 Å². The first kappa shape index (κ1) is 15.8.